The molecule has 9 rings (SSSR count). The van der Waals surface area contributed by atoms with Crippen molar-refractivity contribution in [1.82, 2.24) is 29.5 Å². The minimum absolute atomic E-state index is 0.0179. The number of carbonyl (C=O) groups excluding carboxylic acids is 4. The molecule has 3 aromatic heterocycles. The number of benzene rings is 2. The second kappa shape index (κ2) is 17.3. The first-order valence-corrected chi connectivity index (χ1v) is 24.2. The van der Waals surface area contributed by atoms with E-state index in [0.717, 1.165) is 25.0 Å². The summed E-state index contributed by atoms with van der Waals surface area (Å²) >= 11 is 1.28. The van der Waals surface area contributed by atoms with Crippen LogP contribution in [0.3, 0.4) is 0 Å². The summed E-state index contributed by atoms with van der Waals surface area (Å²) in [6, 6.07) is 10.4. The van der Waals surface area contributed by atoms with E-state index in [1.807, 2.05) is 12.2 Å². The number of carbonyl (C=O) groups is 4. The SMILES string of the molecule is CN(C)C(=O)c1csc(C[C@H]2CCCCC/C=C\[C@@H]3C[C@@]3(C(=O)NS(=O)(=O)C3CC3)CC(=O)[C@@H]3C[C@@H](Oc4nc(-c5ccc(C(F)(F)F)cc5)nc5c4oc4ccccc45)CN3C2=O)n1. The molecule has 5 aromatic rings. The zero-order chi connectivity index (χ0) is 45.8. The number of allylic oxidation sites excluding steroid dienone is 2. The third kappa shape index (κ3) is 9.13. The summed E-state index contributed by atoms with van der Waals surface area (Å²) in [7, 11) is -0.669. The van der Waals surface area contributed by atoms with Crippen LogP contribution in [0.5, 0.6) is 5.88 Å². The number of nitrogens with one attached hydrogen (secondary N) is 1. The zero-order valence-corrected chi connectivity index (χ0v) is 37.3. The van der Waals surface area contributed by atoms with Crippen LogP contribution in [0.25, 0.3) is 33.5 Å². The highest BCUT2D eigenvalue weighted by molar-refractivity contribution is 7.90. The molecule has 0 radical (unpaired) electrons. The average molecular weight is 933 g/mol. The Bertz CT molecular complexity index is 2820. The minimum atomic E-state index is -4.56. The van der Waals surface area contributed by atoms with Crippen molar-refractivity contribution in [3.8, 4) is 17.3 Å². The lowest BCUT2D eigenvalue weighted by Gasteiger charge is -2.29. The van der Waals surface area contributed by atoms with Crippen molar-refractivity contribution in [3.63, 3.8) is 0 Å². The van der Waals surface area contributed by atoms with Crippen LogP contribution in [0, 0.1) is 17.3 Å². The molecule has 2 aromatic carbocycles. The number of fused-ring (bicyclic) bond motifs is 5. The molecule has 342 valence electrons. The number of sulfonamides is 1. The van der Waals surface area contributed by atoms with Gasteiger partial charge in [0, 0.05) is 55.6 Å². The van der Waals surface area contributed by atoms with Crippen LogP contribution in [0.1, 0.15) is 85.3 Å². The van der Waals surface area contributed by atoms with Gasteiger partial charge in [0.2, 0.25) is 27.4 Å². The summed E-state index contributed by atoms with van der Waals surface area (Å²) in [5.41, 5.74) is -0.673. The van der Waals surface area contributed by atoms with E-state index in [9.17, 15) is 36.0 Å². The number of halogens is 3. The Morgan fingerprint density at radius 2 is 1.78 bits per heavy atom. The first-order valence-electron chi connectivity index (χ1n) is 21.8. The molecule has 0 bridgehead atoms. The van der Waals surface area contributed by atoms with Gasteiger partial charge in [0.1, 0.15) is 22.9 Å². The second-order valence-corrected chi connectivity index (χ2v) is 20.7. The van der Waals surface area contributed by atoms with E-state index in [2.05, 4.69) is 14.7 Å². The van der Waals surface area contributed by atoms with Crippen molar-refractivity contribution >= 4 is 66.9 Å². The number of hydrogen-bond acceptors (Lipinski definition) is 12. The lowest BCUT2D eigenvalue weighted by molar-refractivity contribution is -0.142. The van der Waals surface area contributed by atoms with Crippen molar-refractivity contribution in [1.29, 1.82) is 0 Å². The third-order valence-corrected chi connectivity index (χ3v) is 15.6. The standard InChI is InChI=1S/C46H47F3N6O8S2/c1-54(2)43(58)33-25-64-37(50-33)20-27-10-6-4-3-5-7-11-29-22-45(29,44(59)53-65(60,61)31-18-19-31)23-35(56)34-21-30(24-55(34)42(27)57)62-41-39-38(32-12-8-9-13-36(32)63-39)51-40(52-41)26-14-16-28(17-15-26)46(47,48)49/h7-9,11-17,25,27,29-31,34H,3-6,10,18-24H2,1-2H3,(H,53,59)/b11-7-/t27-,29-,30-,34+,45-/m1/s1. The van der Waals surface area contributed by atoms with Crippen LogP contribution < -0.4 is 9.46 Å². The highest BCUT2D eigenvalue weighted by atomic mass is 32.2. The molecule has 5 heterocycles. The molecule has 19 heteroatoms. The molecule has 0 unspecified atom stereocenters. The summed E-state index contributed by atoms with van der Waals surface area (Å²) in [6.45, 7) is -0.0755. The summed E-state index contributed by atoms with van der Waals surface area (Å²) in [6.07, 6.45) is 2.97. The van der Waals surface area contributed by atoms with Gasteiger partial charge in [-0.15, -0.1) is 11.3 Å². The molecule has 1 saturated heterocycles. The van der Waals surface area contributed by atoms with Gasteiger partial charge in [0.15, 0.2) is 11.6 Å². The maximum atomic E-state index is 15.0. The van der Waals surface area contributed by atoms with Gasteiger partial charge in [-0.2, -0.15) is 18.2 Å². The Morgan fingerprint density at radius 1 is 1.02 bits per heavy atom. The van der Waals surface area contributed by atoms with Gasteiger partial charge in [0.25, 0.3) is 11.8 Å². The van der Waals surface area contributed by atoms with Crippen molar-refractivity contribution < 1.29 is 49.9 Å². The summed E-state index contributed by atoms with van der Waals surface area (Å²) in [4.78, 5) is 73.4. The van der Waals surface area contributed by atoms with E-state index in [1.54, 1.807) is 43.7 Å². The Hall–Kier alpha value is -5.69. The lowest BCUT2D eigenvalue weighted by Crippen LogP contribution is -2.46. The molecule has 4 aliphatic rings. The predicted molar refractivity (Wildman–Crippen MR) is 234 cm³/mol. The van der Waals surface area contributed by atoms with E-state index in [4.69, 9.17) is 14.1 Å². The fraction of sp³-hybridized carbons (Fsp3) is 0.457. The molecule has 2 aliphatic heterocycles. The number of alkyl halides is 3. The number of hydrogen-bond donors (Lipinski definition) is 1. The minimum Gasteiger partial charge on any atom is -0.470 e. The van der Waals surface area contributed by atoms with Crippen LogP contribution >= 0.6 is 11.3 Å². The van der Waals surface area contributed by atoms with Gasteiger partial charge in [0.05, 0.1) is 33.8 Å². The van der Waals surface area contributed by atoms with Crippen LogP contribution in [0.2, 0.25) is 0 Å². The van der Waals surface area contributed by atoms with E-state index in [-0.39, 0.29) is 78.5 Å². The first kappa shape index (κ1) is 44.5. The molecule has 14 nitrogen and oxygen atoms in total. The van der Waals surface area contributed by atoms with Gasteiger partial charge in [-0.05, 0) is 68.7 Å². The van der Waals surface area contributed by atoms with Crippen molar-refractivity contribution in [2.24, 2.45) is 17.3 Å². The van der Waals surface area contributed by atoms with E-state index >= 15 is 4.79 Å². The number of aromatic nitrogens is 3. The number of amides is 3. The summed E-state index contributed by atoms with van der Waals surface area (Å²) in [5, 5.41) is 2.20. The maximum Gasteiger partial charge on any atom is 0.416 e. The second-order valence-electron chi connectivity index (χ2n) is 17.8. The number of ether oxygens (including phenoxy) is 1. The van der Waals surface area contributed by atoms with Gasteiger partial charge >= 0.3 is 6.18 Å². The Morgan fingerprint density at radius 3 is 2.52 bits per heavy atom. The van der Waals surface area contributed by atoms with Gasteiger partial charge < -0.3 is 19.0 Å². The Balaban J connectivity index is 1.07. The van der Waals surface area contributed by atoms with Gasteiger partial charge in [-0.1, -0.05) is 49.3 Å². The normalized spacial score (nSPS) is 24.8. The van der Waals surface area contributed by atoms with Crippen LogP contribution in [-0.2, 0) is 37.0 Å². The molecule has 3 amide bonds. The lowest BCUT2D eigenvalue weighted by atomic mass is 9.90. The molecule has 2 aliphatic carbocycles. The monoisotopic (exact) mass is 932 g/mol. The van der Waals surface area contributed by atoms with Crippen molar-refractivity contribution in [2.45, 2.75) is 94.2 Å². The number of Topliss-reactive ketones (excluding diaryl/α,β-unsaturated/α-hetero) is 1. The fourth-order valence-corrected chi connectivity index (χ4v) is 11.2. The zero-order valence-electron chi connectivity index (χ0n) is 35.7. The van der Waals surface area contributed by atoms with Crippen molar-refractivity contribution in [2.75, 3.05) is 20.6 Å². The predicted octanol–water partition coefficient (Wildman–Crippen LogP) is 7.52. The largest absolute Gasteiger partial charge is 0.470 e. The average Bonchev–Trinajstić information content (AvgIpc) is 4.10. The molecule has 5 atom stereocenters. The molecule has 65 heavy (non-hydrogen) atoms. The molecular weight excluding hydrogens is 886 g/mol. The highest BCUT2D eigenvalue weighted by Gasteiger charge is 2.61. The van der Waals surface area contributed by atoms with E-state index < -0.39 is 62.2 Å². The molecule has 2 saturated carbocycles. The van der Waals surface area contributed by atoms with Crippen LogP contribution in [0.4, 0.5) is 13.2 Å². The summed E-state index contributed by atoms with van der Waals surface area (Å²) in [5.74, 6) is -2.76. The van der Waals surface area contributed by atoms with Gasteiger partial charge in [-0.25, -0.2) is 18.4 Å². The number of nitrogens with zero attached hydrogens (tertiary/aromatic N) is 5. The Labute approximate surface area is 376 Å². The van der Waals surface area contributed by atoms with Crippen LogP contribution in [0.15, 0.2) is 70.5 Å². The van der Waals surface area contributed by atoms with Gasteiger partial charge in [-0.3, -0.25) is 23.9 Å². The number of ketones is 1. The summed E-state index contributed by atoms with van der Waals surface area (Å²) < 4.78 is 81.7. The van der Waals surface area contributed by atoms with E-state index in [1.165, 1.54) is 33.3 Å². The molecule has 0 spiro atoms. The Kier molecular flexibility index (Phi) is 11.8. The van der Waals surface area contributed by atoms with E-state index in [0.29, 0.717) is 53.6 Å². The fourth-order valence-electron chi connectivity index (χ4n) is 9.00. The number of rotatable bonds is 9. The third-order valence-electron chi connectivity index (χ3n) is 12.9. The van der Waals surface area contributed by atoms with Crippen LogP contribution in [-0.4, -0.2) is 94.7 Å². The molecule has 1 N–H and O–H groups in total. The smallest absolute Gasteiger partial charge is 0.416 e. The maximum absolute atomic E-state index is 15.0. The number of para-hydroxylation sites is 1. The van der Waals surface area contributed by atoms with Crippen molar-refractivity contribution in [3.05, 3.63) is 82.3 Å². The molecule has 3 fully saturated rings. The quantitative estimate of drug-likeness (QED) is 0.144. The highest BCUT2D eigenvalue weighted by Crippen LogP contribution is 2.57. The topological polar surface area (TPSA) is 182 Å². The number of furan rings is 1. The molecular formula is C46H47F3N6O8S2. The number of thiazole rings is 1. The first-order chi connectivity index (χ1) is 31.0.